The van der Waals surface area contributed by atoms with Gasteiger partial charge in [0.25, 0.3) is 0 Å². The number of carbonyl (C=O) groups excluding carboxylic acids is 1. The Balaban J connectivity index is 1.45. The lowest BCUT2D eigenvalue weighted by molar-refractivity contribution is -0.122. The minimum atomic E-state index is 0.226. The second-order valence-corrected chi connectivity index (χ2v) is 7.05. The summed E-state index contributed by atoms with van der Waals surface area (Å²) in [6.45, 7) is 2.77. The van der Waals surface area contributed by atoms with Crippen LogP contribution in [0.3, 0.4) is 0 Å². The van der Waals surface area contributed by atoms with Gasteiger partial charge in [0.15, 0.2) is 0 Å². The van der Waals surface area contributed by atoms with Gasteiger partial charge in [-0.25, -0.2) is 0 Å². The number of nitrogens with one attached hydrogen (secondary N) is 1. The van der Waals surface area contributed by atoms with Crippen LogP contribution in [0.15, 0.2) is 18.2 Å². The van der Waals surface area contributed by atoms with Crippen LogP contribution in [0.4, 0.5) is 0 Å². The topological polar surface area (TPSA) is 38.3 Å². The van der Waals surface area contributed by atoms with E-state index in [1.54, 1.807) is 7.11 Å². The quantitative estimate of drug-likeness (QED) is 0.873. The molecular formula is C19H27NO2. The molecule has 3 atom stereocenters. The van der Waals surface area contributed by atoms with Crippen LogP contribution >= 0.6 is 0 Å². The number of amides is 1. The smallest absolute Gasteiger partial charge is 0.220 e. The van der Waals surface area contributed by atoms with E-state index in [0.29, 0.717) is 12.5 Å². The van der Waals surface area contributed by atoms with Crippen LogP contribution in [0.5, 0.6) is 5.75 Å². The predicted molar refractivity (Wildman–Crippen MR) is 88.0 cm³/mol. The van der Waals surface area contributed by atoms with Gasteiger partial charge in [-0.3, -0.25) is 4.79 Å². The zero-order chi connectivity index (χ0) is 15.5. The van der Waals surface area contributed by atoms with Crippen molar-refractivity contribution in [2.45, 2.75) is 45.4 Å². The SMILES string of the molecule is COc1ccc(C)cc1CCNC(=O)C[C@H]1C[C@H]2CC[C@@H]1C2. The Bertz CT molecular complexity index is 540. The average Bonchev–Trinajstić information content (AvgIpc) is 3.10. The summed E-state index contributed by atoms with van der Waals surface area (Å²) < 4.78 is 5.39. The monoisotopic (exact) mass is 301 g/mol. The Hall–Kier alpha value is -1.51. The maximum atomic E-state index is 12.1. The maximum Gasteiger partial charge on any atom is 0.220 e. The van der Waals surface area contributed by atoms with Crippen molar-refractivity contribution in [1.29, 1.82) is 0 Å². The summed E-state index contributed by atoms with van der Waals surface area (Å²) in [6, 6.07) is 6.19. The molecule has 0 aliphatic heterocycles. The number of aryl methyl sites for hydroxylation is 1. The van der Waals surface area contributed by atoms with E-state index in [1.807, 2.05) is 6.07 Å². The molecule has 2 bridgehead atoms. The molecule has 0 heterocycles. The third kappa shape index (κ3) is 3.45. The second kappa shape index (κ2) is 6.72. The van der Waals surface area contributed by atoms with Crippen LogP contribution in [-0.4, -0.2) is 19.6 Å². The fourth-order valence-corrected chi connectivity index (χ4v) is 4.38. The third-order valence-electron chi connectivity index (χ3n) is 5.48. The van der Waals surface area contributed by atoms with E-state index in [1.165, 1.54) is 36.8 Å². The van der Waals surface area contributed by atoms with Gasteiger partial charge >= 0.3 is 0 Å². The fraction of sp³-hybridized carbons (Fsp3) is 0.632. The molecule has 0 radical (unpaired) electrons. The van der Waals surface area contributed by atoms with Gasteiger partial charge in [0.05, 0.1) is 7.11 Å². The number of fused-ring (bicyclic) bond motifs is 2. The minimum absolute atomic E-state index is 0.226. The molecule has 120 valence electrons. The van der Waals surface area contributed by atoms with Crippen LogP contribution in [0.2, 0.25) is 0 Å². The molecule has 2 fully saturated rings. The largest absolute Gasteiger partial charge is 0.496 e. The second-order valence-electron chi connectivity index (χ2n) is 7.05. The highest BCUT2D eigenvalue weighted by atomic mass is 16.5. The molecular weight excluding hydrogens is 274 g/mol. The summed E-state index contributed by atoms with van der Waals surface area (Å²) in [6.07, 6.45) is 6.96. The van der Waals surface area contributed by atoms with Crippen molar-refractivity contribution in [2.24, 2.45) is 17.8 Å². The van der Waals surface area contributed by atoms with E-state index in [4.69, 9.17) is 4.74 Å². The van der Waals surface area contributed by atoms with E-state index in [0.717, 1.165) is 30.4 Å². The molecule has 1 aromatic rings. The minimum Gasteiger partial charge on any atom is -0.496 e. The van der Waals surface area contributed by atoms with Crippen LogP contribution < -0.4 is 10.1 Å². The first-order valence-corrected chi connectivity index (χ1v) is 8.56. The number of carbonyl (C=O) groups is 1. The first-order chi connectivity index (χ1) is 10.7. The standard InChI is InChI=1S/C19H27NO2/c1-13-3-6-18(22-2)16(9-13)7-8-20-19(21)12-17-11-14-4-5-15(17)10-14/h3,6,9,14-15,17H,4-5,7-8,10-12H2,1-2H3,(H,20,21)/t14-,15+,17+/m0/s1. The summed E-state index contributed by atoms with van der Waals surface area (Å²) in [5.41, 5.74) is 2.40. The molecule has 1 amide bonds. The summed E-state index contributed by atoms with van der Waals surface area (Å²) in [7, 11) is 1.70. The van der Waals surface area contributed by atoms with E-state index < -0.39 is 0 Å². The Morgan fingerprint density at radius 3 is 2.86 bits per heavy atom. The van der Waals surface area contributed by atoms with Gasteiger partial charge in [0.1, 0.15) is 5.75 Å². The molecule has 2 saturated carbocycles. The van der Waals surface area contributed by atoms with Gasteiger partial charge in [-0.2, -0.15) is 0 Å². The molecule has 1 aromatic carbocycles. The average molecular weight is 301 g/mol. The van der Waals surface area contributed by atoms with Crippen LogP contribution in [-0.2, 0) is 11.2 Å². The highest BCUT2D eigenvalue weighted by Gasteiger charge is 2.39. The zero-order valence-electron chi connectivity index (χ0n) is 13.7. The lowest BCUT2D eigenvalue weighted by Crippen LogP contribution is -2.29. The van der Waals surface area contributed by atoms with Crippen LogP contribution in [0.25, 0.3) is 0 Å². The summed E-state index contributed by atoms with van der Waals surface area (Å²) in [5.74, 6) is 3.52. The zero-order valence-corrected chi connectivity index (χ0v) is 13.7. The number of rotatable bonds is 6. The van der Waals surface area contributed by atoms with Gasteiger partial charge in [0, 0.05) is 13.0 Å². The Morgan fingerprint density at radius 1 is 1.32 bits per heavy atom. The van der Waals surface area contributed by atoms with E-state index in [9.17, 15) is 4.79 Å². The highest BCUT2D eigenvalue weighted by Crippen LogP contribution is 2.49. The normalized spacial score (nSPS) is 26.2. The molecule has 1 N–H and O–H groups in total. The number of methoxy groups -OCH3 is 1. The molecule has 3 heteroatoms. The van der Waals surface area contributed by atoms with Gasteiger partial charge in [-0.05, 0) is 62.0 Å². The van der Waals surface area contributed by atoms with Crippen molar-refractivity contribution in [2.75, 3.05) is 13.7 Å². The first kappa shape index (κ1) is 15.4. The van der Waals surface area contributed by atoms with Crippen LogP contribution in [0.1, 0.15) is 43.2 Å². The van der Waals surface area contributed by atoms with Gasteiger partial charge in [-0.15, -0.1) is 0 Å². The molecule has 3 rings (SSSR count). The highest BCUT2D eigenvalue weighted by molar-refractivity contribution is 5.76. The summed E-state index contributed by atoms with van der Waals surface area (Å²) >= 11 is 0. The van der Waals surface area contributed by atoms with E-state index in [2.05, 4.69) is 24.4 Å². The Morgan fingerprint density at radius 2 is 2.18 bits per heavy atom. The van der Waals surface area contributed by atoms with E-state index >= 15 is 0 Å². The first-order valence-electron chi connectivity index (χ1n) is 8.56. The molecule has 0 unspecified atom stereocenters. The predicted octanol–water partition coefficient (Wildman–Crippen LogP) is 3.49. The van der Waals surface area contributed by atoms with Gasteiger partial charge in [-0.1, -0.05) is 24.1 Å². The van der Waals surface area contributed by atoms with Crippen molar-refractivity contribution in [3.05, 3.63) is 29.3 Å². The lowest BCUT2D eigenvalue weighted by atomic mass is 9.86. The van der Waals surface area contributed by atoms with Crippen molar-refractivity contribution in [1.82, 2.24) is 5.32 Å². The Labute approximate surface area is 133 Å². The fourth-order valence-electron chi connectivity index (χ4n) is 4.38. The summed E-state index contributed by atoms with van der Waals surface area (Å²) in [5, 5.41) is 3.09. The van der Waals surface area contributed by atoms with Gasteiger partial charge < -0.3 is 10.1 Å². The molecule has 3 nitrogen and oxygen atoms in total. The molecule has 0 aromatic heterocycles. The Kier molecular flexibility index (Phi) is 4.70. The van der Waals surface area contributed by atoms with Gasteiger partial charge in [0.2, 0.25) is 5.91 Å². The van der Waals surface area contributed by atoms with Crippen LogP contribution in [0, 0.1) is 24.7 Å². The molecule has 2 aliphatic rings. The van der Waals surface area contributed by atoms with Crippen molar-refractivity contribution >= 4 is 5.91 Å². The lowest BCUT2D eigenvalue weighted by Gasteiger charge is -2.21. The summed E-state index contributed by atoms with van der Waals surface area (Å²) in [4.78, 5) is 12.1. The number of ether oxygens (including phenoxy) is 1. The maximum absolute atomic E-state index is 12.1. The van der Waals surface area contributed by atoms with Crippen molar-refractivity contribution in [3.8, 4) is 5.75 Å². The molecule has 2 aliphatic carbocycles. The van der Waals surface area contributed by atoms with Crippen molar-refractivity contribution in [3.63, 3.8) is 0 Å². The molecule has 22 heavy (non-hydrogen) atoms. The van der Waals surface area contributed by atoms with E-state index in [-0.39, 0.29) is 5.91 Å². The molecule has 0 saturated heterocycles. The number of hydrogen-bond acceptors (Lipinski definition) is 2. The number of benzene rings is 1. The number of hydrogen-bond donors (Lipinski definition) is 1. The third-order valence-corrected chi connectivity index (χ3v) is 5.48. The molecule has 0 spiro atoms. The van der Waals surface area contributed by atoms with Crippen molar-refractivity contribution < 1.29 is 9.53 Å².